The molecule has 2 atom stereocenters. The van der Waals surface area contributed by atoms with Crippen molar-refractivity contribution in [1.29, 1.82) is 0 Å². The highest BCUT2D eigenvalue weighted by molar-refractivity contribution is 5.24. The number of piperidine rings is 1. The first-order valence-electron chi connectivity index (χ1n) is 7.49. The highest BCUT2D eigenvalue weighted by atomic mass is 19.1. The van der Waals surface area contributed by atoms with Crippen LogP contribution in [0.4, 0.5) is 4.39 Å². The molecule has 3 heteroatoms. The Labute approximate surface area is 114 Å². The van der Waals surface area contributed by atoms with Crippen LogP contribution in [0.25, 0.3) is 0 Å². The molecule has 2 aliphatic rings. The Hall–Kier alpha value is -0.930. The summed E-state index contributed by atoms with van der Waals surface area (Å²) in [5, 5.41) is 0. The van der Waals surface area contributed by atoms with Crippen LogP contribution in [0.5, 0.6) is 0 Å². The van der Waals surface area contributed by atoms with Crippen molar-refractivity contribution in [1.82, 2.24) is 4.90 Å². The second-order valence-corrected chi connectivity index (χ2v) is 6.00. The lowest BCUT2D eigenvalue weighted by Gasteiger charge is -2.37. The molecule has 0 bridgehead atoms. The summed E-state index contributed by atoms with van der Waals surface area (Å²) in [6.07, 6.45) is 6.66. The summed E-state index contributed by atoms with van der Waals surface area (Å²) in [4.78, 5) is 2.50. The van der Waals surface area contributed by atoms with Crippen LogP contribution in [0, 0.1) is 11.7 Å². The molecule has 2 nitrogen and oxygen atoms in total. The van der Waals surface area contributed by atoms with Crippen LogP contribution in [0.1, 0.15) is 43.2 Å². The Kier molecular flexibility index (Phi) is 3.85. The second kappa shape index (κ2) is 5.59. The number of hydrogen-bond donors (Lipinski definition) is 1. The van der Waals surface area contributed by atoms with Gasteiger partial charge in [-0.2, -0.15) is 0 Å². The number of halogens is 1. The Morgan fingerprint density at radius 3 is 2.84 bits per heavy atom. The molecule has 1 aliphatic heterocycles. The number of benzene rings is 1. The fourth-order valence-electron chi connectivity index (χ4n) is 3.82. The van der Waals surface area contributed by atoms with Gasteiger partial charge >= 0.3 is 0 Å². The average Bonchev–Trinajstić information content (AvgIpc) is 2.90. The molecule has 2 N–H and O–H groups in total. The van der Waals surface area contributed by atoms with E-state index in [1.165, 1.54) is 32.1 Å². The van der Waals surface area contributed by atoms with Crippen LogP contribution in [-0.4, -0.2) is 17.5 Å². The number of fused-ring (bicyclic) bond motifs is 1. The quantitative estimate of drug-likeness (QED) is 0.907. The SMILES string of the molecule is NCc1ccc(CN2CCCC3CCCC32)c(F)c1. The van der Waals surface area contributed by atoms with Gasteiger partial charge in [-0.3, -0.25) is 4.90 Å². The molecule has 104 valence electrons. The first kappa shape index (κ1) is 13.1. The molecule has 19 heavy (non-hydrogen) atoms. The lowest BCUT2D eigenvalue weighted by atomic mass is 9.91. The van der Waals surface area contributed by atoms with Gasteiger partial charge < -0.3 is 5.73 Å². The van der Waals surface area contributed by atoms with Crippen LogP contribution >= 0.6 is 0 Å². The van der Waals surface area contributed by atoms with Gasteiger partial charge in [0, 0.05) is 24.7 Å². The third kappa shape index (κ3) is 2.67. The van der Waals surface area contributed by atoms with Crippen LogP contribution in [0.2, 0.25) is 0 Å². The molecule has 0 spiro atoms. The number of nitrogens with zero attached hydrogens (tertiary/aromatic N) is 1. The minimum absolute atomic E-state index is 0.0944. The van der Waals surface area contributed by atoms with Crippen molar-refractivity contribution in [2.45, 2.75) is 51.2 Å². The molecule has 1 saturated heterocycles. The zero-order chi connectivity index (χ0) is 13.2. The summed E-state index contributed by atoms with van der Waals surface area (Å²) in [5.41, 5.74) is 7.24. The van der Waals surface area contributed by atoms with Gasteiger partial charge in [0.15, 0.2) is 0 Å². The molecule has 1 aromatic carbocycles. The van der Waals surface area contributed by atoms with Crippen molar-refractivity contribution in [3.8, 4) is 0 Å². The van der Waals surface area contributed by atoms with E-state index in [1.807, 2.05) is 12.1 Å². The highest BCUT2D eigenvalue weighted by Crippen LogP contribution is 2.37. The molecule has 1 aliphatic carbocycles. The van der Waals surface area contributed by atoms with Crippen molar-refractivity contribution >= 4 is 0 Å². The van der Waals surface area contributed by atoms with E-state index < -0.39 is 0 Å². The van der Waals surface area contributed by atoms with Gasteiger partial charge in [-0.25, -0.2) is 4.39 Å². The zero-order valence-electron chi connectivity index (χ0n) is 11.4. The van der Waals surface area contributed by atoms with Crippen molar-refractivity contribution < 1.29 is 4.39 Å². The van der Waals surface area contributed by atoms with E-state index in [2.05, 4.69) is 4.90 Å². The van der Waals surface area contributed by atoms with E-state index in [1.54, 1.807) is 6.07 Å². The van der Waals surface area contributed by atoms with Gasteiger partial charge in [-0.1, -0.05) is 18.6 Å². The standard InChI is InChI=1S/C16H23FN2/c17-15-9-12(10-18)6-7-14(15)11-19-8-2-4-13-3-1-5-16(13)19/h6-7,9,13,16H,1-5,8,10-11,18H2. The lowest BCUT2D eigenvalue weighted by molar-refractivity contribution is 0.104. The first-order chi connectivity index (χ1) is 9.28. The van der Waals surface area contributed by atoms with Crippen molar-refractivity contribution in [3.05, 3.63) is 35.1 Å². The molecule has 0 aromatic heterocycles. The Morgan fingerprint density at radius 2 is 2.05 bits per heavy atom. The predicted molar refractivity (Wildman–Crippen MR) is 75.1 cm³/mol. The smallest absolute Gasteiger partial charge is 0.128 e. The summed E-state index contributed by atoms with van der Waals surface area (Å²) in [6, 6.07) is 6.15. The van der Waals surface area contributed by atoms with Crippen LogP contribution in [-0.2, 0) is 13.1 Å². The maximum Gasteiger partial charge on any atom is 0.128 e. The Morgan fingerprint density at radius 1 is 1.21 bits per heavy atom. The normalized spacial score (nSPS) is 27.5. The Balaban J connectivity index is 1.73. The van der Waals surface area contributed by atoms with Gasteiger partial charge in [0.25, 0.3) is 0 Å². The zero-order valence-corrected chi connectivity index (χ0v) is 11.4. The van der Waals surface area contributed by atoms with E-state index >= 15 is 0 Å². The van der Waals surface area contributed by atoms with E-state index in [9.17, 15) is 4.39 Å². The summed E-state index contributed by atoms with van der Waals surface area (Å²) >= 11 is 0. The minimum atomic E-state index is -0.0944. The molecule has 0 radical (unpaired) electrons. The van der Waals surface area contributed by atoms with E-state index in [4.69, 9.17) is 5.73 Å². The summed E-state index contributed by atoms with van der Waals surface area (Å²) in [7, 11) is 0. The van der Waals surface area contributed by atoms with Crippen LogP contribution < -0.4 is 5.73 Å². The number of nitrogens with two attached hydrogens (primary N) is 1. The number of hydrogen-bond acceptors (Lipinski definition) is 2. The molecule has 1 saturated carbocycles. The largest absolute Gasteiger partial charge is 0.326 e. The molecular formula is C16H23FN2. The fourth-order valence-corrected chi connectivity index (χ4v) is 3.82. The maximum atomic E-state index is 14.1. The first-order valence-corrected chi connectivity index (χ1v) is 7.49. The maximum absolute atomic E-state index is 14.1. The molecule has 1 heterocycles. The van der Waals surface area contributed by atoms with Crippen LogP contribution in [0.15, 0.2) is 18.2 Å². The molecule has 2 fully saturated rings. The van der Waals surface area contributed by atoms with Gasteiger partial charge in [0.1, 0.15) is 5.82 Å². The highest BCUT2D eigenvalue weighted by Gasteiger charge is 2.34. The summed E-state index contributed by atoms with van der Waals surface area (Å²) in [5.74, 6) is 0.767. The van der Waals surface area contributed by atoms with Gasteiger partial charge in [-0.05, 0) is 49.8 Å². The lowest BCUT2D eigenvalue weighted by Crippen LogP contribution is -2.42. The predicted octanol–water partition coefficient (Wildman–Crippen LogP) is 3.05. The van der Waals surface area contributed by atoms with Crippen LogP contribution in [0.3, 0.4) is 0 Å². The second-order valence-electron chi connectivity index (χ2n) is 6.00. The van der Waals surface area contributed by atoms with Crippen molar-refractivity contribution in [2.75, 3.05) is 6.54 Å². The van der Waals surface area contributed by atoms with Crippen molar-refractivity contribution in [3.63, 3.8) is 0 Å². The number of rotatable bonds is 3. The van der Waals surface area contributed by atoms with Crippen molar-refractivity contribution in [2.24, 2.45) is 11.7 Å². The summed E-state index contributed by atoms with van der Waals surface area (Å²) < 4.78 is 14.1. The van der Waals surface area contributed by atoms with Gasteiger partial charge in [0.05, 0.1) is 0 Å². The molecule has 2 unspecified atom stereocenters. The molecular weight excluding hydrogens is 239 g/mol. The molecule has 1 aromatic rings. The van der Waals surface area contributed by atoms with E-state index in [0.717, 1.165) is 30.1 Å². The van der Waals surface area contributed by atoms with Gasteiger partial charge in [0.2, 0.25) is 0 Å². The third-order valence-electron chi connectivity index (χ3n) is 4.83. The fraction of sp³-hybridized carbons (Fsp3) is 0.625. The molecule has 3 rings (SSSR count). The summed E-state index contributed by atoms with van der Waals surface area (Å²) in [6.45, 7) is 2.29. The van der Waals surface area contributed by atoms with E-state index in [-0.39, 0.29) is 5.82 Å². The minimum Gasteiger partial charge on any atom is -0.326 e. The average molecular weight is 262 g/mol. The topological polar surface area (TPSA) is 29.3 Å². The van der Waals surface area contributed by atoms with E-state index in [0.29, 0.717) is 12.6 Å². The Bertz CT molecular complexity index is 446. The number of likely N-dealkylation sites (tertiary alicyclic amines) is 1. The molecule has 0 amide bonds. The van der Waals surface area contributed by atoms with Gasteiger partial charge in [-0.15, -0.1) is 0 Å². The monoisotopic (exact) mass is 262 g/mol. The third-order valence-corrected chi connectivity index (χ3v) is 4.83.